The van der Waals surface area contributed by atoms with Gasteiger partial charge in [-0.1, -0.05) is 22.0 Å². The van der Waals surface area contributed by atoms with E-state index in [1.165, 1.54) is 21.1 Å². The SMILES string of the molecule is COC(=O)C(C)(C/C=C/Br)C(=O)OC. The van der Waals surface area contributed by atoms with Crippen LogP contribution >= 0.6 is 15.9 Å². The lowest BCUT2D eigenvalue weighted by Crippen LogP contribution is -2.38. The summed E-state index contributed by atoms with van der Waals surface area (Å²) in [6, 6.07) is 0. The van der Waals surface area contributed by atoms with Crippen LogP contribution in [0.5, 0.6) is 0 Å². The Morgan fingerprint density at radius 3 is 2.00 bits per heavy atom. The molecule has 0 saturated heterocycles. The summed E-state index contributed by atoms with van der Waals surface area (Å²) in [4.78, 5) is 24.3. The number of methoxy groups -OCH3 is 2. The minimum Gasteiger partial charge on any atom is -0.468 e. The highest BCUT2D eigenvalue weighted by Gasteiger charge is 2.42. The fourth-order valence-electron chi connectivity index (χ4n) is 0.981. The smallest absolute Gasteiger partial charge is 0.323 e. The molecule has 0 amide bonds. The second kappa shape index (κ2) is 5.80. The Labute approximate surface area is 91.4 Å². The van der Waals surface area contributed by atoms with Crippen LogP contribution in [0.3, 0.4) is 0 Å². The highest BCUT2D eigenvalue weighted by molar-refractivity contribution is 9.11. The minimum absolute atomic E-state index is 0.234. The number of carbonyl (C=O) groups is 2. The fraction of sp³-hybridized carbons (Fsp3) is 0.556. The van der Waals surface area contributed by atoms with Gasteiger partial charge in [-0.3, -0.25) is 9.59 Å². The van der Waals surface area contributed by atoms with Gasteiger partial charge in [-0.2, -0.15) is 0 Å². The van der Waals surface area contributed by atoms with Crippen molar-refractivity contribution in [3.05, 3.63) is 11.1 Å². The molecule has 0 fully saturated rings. The average molecular weight is 265 g/mol. The third-order valence-corrected chi connectivity index (χ3v) is 2.26. The lowest BCUT2D eigenvalue weighted by atomic mass is 9.87. The van der Waals surface area contributed by atoms with E-state index in [-0.39, 0.29) is 6.42 Å². The van der Waals surface area contributed by atoms with Crippen molar-refractivity contribution < 1.29 is 19.1 Å². The predicted molar refractivity (Wildman–Crippen MR) is 54.8 cm³/mol. The zero-order valence-corrected chi connectivity index (χ0v) is 9.96. The summed E-state index contributed by atoms with van der Waals surface area (Å²) in [6.07, 6.45) is 1.88. The number of hydrogen-bond acceptors (Lipinski definition) is 4. The van der Waals surface area contributed by atoms with Crippen LogP contribution in [0.4, 0.5) is 0 Å². The number of rotatable bonds is 4. The van der Waals surface area contributed by atoms with Gasteiger partial charge in [-0.05, 0) is 18.3 Å². The molecule has 0 radical (unpaired) electrons. The molecule has 0 bridgehead atoms. The van der Waals surface area contributed by atoms with Crippen molar-refractivity contribution in [2.24, 2.45) is 5.41 Å². The molecular weight excluding hydrogens is 252 g/mol. The van der Waals surface area contributed by atoms with Crippen LogP contribution in [0.15, 0.2) is 11.1 Å². The van der Waals surface area contributed by atoms with Gasteiger partial charge in [-0.15, -0.1) is 0 Å². The van der Waals surface area contributed by atoms with Crippen LogP contribution in [0.2, 0.25) is 0 Å². The molecule has 0 unspecified atom stereocenters. The summed E-state index contributed by atoms with van der Waals surface area (Å²) in [5.74, 6) is -1.20. The highest BCUT2D eigenvalue weighted by Crippen LogP contribution is 2.25. The minimum atomic E-state index is -1.27. The van der Waals surface area contributed by atoms with Gasteiger partial charge in [0.2, 0.25) is 0 Å². The summed E-state index contributed by atoms with van der Waals surface area (Å²) in [6.45, 7) is 1.48. The van der Waals surface area contributed by atoms with Crippen LogP contribution in [-0.2, 0) is 19.1 Å². The van der Waals surface area contributed by atoms with E-state index in [0.29, 0.717) is 0 Å². The van der Waals surface area contributed by atoms with Crippen molar-refractivity contribution in [1.29, 1.82) is 0 Å². The standard InChI is InChI=1S/C9H13BrO4/c1-9(5-4-6-10,7(11)13-2)8(12)14-3/h4,6H,5H2,1-3H3/b6-4+. The molecule has 0 aromatic heterocycles. The van der Waals surface area contributed by atoms with E-state index >= 15 is 0 Å². The molecule has 14 heavy (non-hydrogen) atoms. The van der Waals surface area contributed by atoms with E-state index in [2.05, 4.69) is 25.4 Å². The molecule has 0 heterocycles. The highest BCUT2D eigenvalue weighted by atomic mass is 79.9. The molecular formula is C9H13BrO4. The van der Waals surface area contributed by atoms with E-state index < -0.39 is 17.4 Å². The Bertz CT molecular complexity index is 231. The second-order valence-electron chi connectivity index (χ2n) is 2.88. The number of allylic oxidation sites excluding steroid dienone is 1. The Hall–Kier alpha value is -0.840. The van der Waals surface area contributed by atoms with Crippen molar-refractivity contribution in [3.63, 3.8) is 0 Å². The topological polar surface area (TPSA) is 52.6 Å². The van der Waals surface area contributed by atoms with Crippen molar-refractivity contribution >= 4 is 27.9 Å². The molecule has 4 nitrogen and oxygen atoms in total. The van der Waals surface area contributed by atoms with Gasteiger partial charge in [0.05, 0.1) is 14.2 Å². The quantitative estimate of drug-likeness (QED) is 0.572. The van der Waals surface area contributed by atoms with Gasteiger partial charge in [0.25, 0.3) is 0 Å². The van der Waals surface area contributed by atoms with E-state index in [0.717, 1.165) is 0 Å². The normalized spacial score (nSPS) is 11.4. The zero-order chi connectivity index (χ0) is 11.2. The maximum atomic E-state index is 11.4. The van der Waals surface area contributed by atoms with Crippen LogP contribution in [-0.4, -0.2) is 26.2 Å². The molecule has 0 aliphatic carbocycles. The number of halogens is 1. The number of ether oxygens (including phenoxy) is 2. The summed E-state index contributed by atoms with van der Waals surface area (Å²) in [5, 5.41) is 0. The molecule has 0 aromatic carbocycles. The van der Waals surface area contributed by atoms with Crippen molar-refractivity contribution in [2.75, 3.05) is 14.2 Å². The lowest BCUT2D eigenvalue weighted by molar-refractivity contribution is -0.167. The number of hydrogen-bond donors (Lipinski definition) is 0. The Kier molecular flexibility index (Phi) is 5.45. The molecule has 0 rings (SSSR count). The molecule has 0 aliphatic rings. The molecule has 0 atom stereocenters. The second-order valence-corrected chi connectivity index (χ2v) is 3.41. The first-order valence-corrected chi connectivity index (χ1v) is 4.86. The Balaban J connectivity index is 4.83. The molecule has 0 saturated carbocycles. The maximum absolute atomic E-state index is 11.4. The van der Waals surface area contributed by atoms with E-state index in [9.17, 15) is 9.59 Å². The molecule has 5 heteroatoms. The van der Waals surface area contributed by atoms with Gasteiger partial charge in [-0.25, -0.2) is 0 Å². The third-order valence-electron chi connectivity index (χ3n) is 1.89. The monoisotopic (exact) mass is 264 g/mol. The van der Waals surface area contributed by atoms with Crippen molar-refractivity contribution in [2.45, 2.75) is 13.3 Å². The van der Waals surface area contributed by atoms with Crippen LogP contribution < -0.4 is 0 Å². The van der Waals surface area contributed by atoms with Gasteiger partial charge >= 0.3 is 11.9 Å². The van der Waals surface area contributed by atoms with Crippen LogP contribution in [0, 0.1) is 5.41 Å². The maximum Gasteiger partial charge on any atom is 0.323 e. The van der Waals surface area contributed by atoms with Gasteiger partial charge in [0.1, 0.15) is 0 Å². The van der Waals surface area contributed by atoms with Gasteiger partial charge < -0.3 is 9.47 Å². The van der Waals surface area contributed by atoms with E-state index in [1.54, 1.807) is 11.1 Å². The van der Waals surface area contributed by atoms with Gasteiger partial charge in [0.15, 0.2) is 5.41 Å². The first kappa shape index (κ1) is 13.2. The molecule has 0 spiro atoms. The molecule has 80 valence electrons. The Morgan fingerprint density at radius 2 is 1.71 bits per heavy atom. The number of carbonyl (C=O) groups excluding carboxylic acids is 2. The van der Waals surface area contributed by atoms with Gasteiger partial charge in [0, 0.05) is 0 Å². The van der Waals surface area contributed by atoms with Crippen LogP contribution in [0.1, 0.15) is 13.3 Å². The average Bonchev–Trinajstić information content (AvgIpc) is 2.23. The summed E-state index contributed by atoms with van der Waals surface area (Å²) < 4.78 is 9.09. The first-order valence-electron chi connectivity index (χ1n) is 3.95. The third kappa shape index (κ3) is 2.83. The Morgan fingerprint density at radius 1 is 1.29 bits per heavy atom. The van der Waals surface area contributed by atoms with E-state index in [1.807, 2.05) is 0 Å². The molecule has 0 aliphatic heterocycles. The van der Waals surface area contributed by atoms with Crippen LogP contribution in [0.25, 0.3) is 0 Å². The van der Waals surface area contributed by atoms with Crippen molar-refractivity contribution in [1.82, 2.24) is 0 Å². The number of esters is 2. The predicted octanol–water partition coefficient (Wildman–Crippen LogP) is 1.64. The fourth-order valence-corrected chi connectivity index (χ4v) is 1.17. The first-order chi connectivity index (χ1) is 6.52. The zero-order valence-electron chi connectivity index (χ0n) is 8.37. The summed E-state index contributed by atoms with van der Waals surface area (Å²) in [5.41, 5.74) is -1.27. The van der Waals surface area contributed by atoms with E-state index in [4.69, 9.17) is 0 Å². The molecule has 0 aromatic rings. The molecule has 0 N–H and O–H groups in total. The largest absolute Gasteiger partial charge is 0.468 e. The summed E-state index contributed by atoms with van der Waals surface area (Å²) in [7, 11) is 2.47. The lowest BCUT2D eigenvalue weighted by Gasteiger charge is -2.21. The van der Waals surface area contributed by atoms with Crippen molar-refractivity contribution in [3.8, 4) is 0 Å². The summed E-state index contributed by atoms with van der Waals surface area (Å²) >= 11 is 3.06.